The fraction of sp³-hybridized carbons (Fsp3) is 0.350. The molecule has 28 heavy (non-hydrogen) atoms. The fourth-order valence-electron chi connectivity index (χ4n) is 3.05. The molecule has 3 amide bonds. The maximum atomic E-state index is 12.4. The van der Waals surface area contributed by atoms with Gasteiger partial charge in [0, 0.05) is 49.8 Å². The molecular formula is C20H24BrN5O2. The lowest BCUT2D eigenvalue weighted by Crippen LogP contribution is -2.49. The van der Waals surface area contributed by atoms with Gasteiger partial charge in [-0.1, -0.05) is 12.1 Å². The topological polar surface area (TPSA) is 77.6 Å². The molecule has 0 bridgehead atoms. The molecule has 1 aromatic carbocycles. The molecule has 2 N–H and O–H groups in total. The summed E-state index contributed by atoms with van der Waals surface area (Å²) in [6.45, 7) is 5.14. The Kier molecular flexibility index (Phi) is 6.86. The summed E-state index contributed by atoms with van der Waals surface area (Å²) in [6, 6.07) is 11.2. The number of hydrogen-bond donors (Lipinski definition) is 2. The molecule has 0 unspecified atom stereocenters. The molecular weight excluding hydrogens is 422 g/mol. The van der Waals surface area contributed by atoms with E-state index in [1.165, 1.54) is 0 Å². The summed E-state index contributed by atoms with van der Waals surface area (Å²) in [5.74, 6) is 0.993. The van der Waals surface area contributed by atoms with Crippen LogP contribution in [0.5, 0.6) is 0 Å². The van der Waals surface area contributed by atoms with Crippen LogP contribution in [0.2, 0.25) is 0 Å². The van der Waals surface area contributed by atoms with Crippen LogP contribution in [0.15, 0.2) is 47.1 Å². The first-order valence-corrected chi connectivity index (χ1v) is 10.1. The molecule has 8 heteroatoms. The van der Waals surface area contributed by atoms with Crippen LogP contribution >= 0.6 is 15.9 Å². The van der Waals surface area contributed by atoms with E-state index in [4.69, 9.17) is 0 Å². The van der Waals surface area contributed by atoms with Gasteiger partial charge in [-0.3, -0.25) is 4.79 Å². The standard InChI is InChI=1S/C20H24BrN5O2/c1-15-5-6-17(16(21)14-15)24-20(28)23-9-7-19(27)26-12-10-25(11-13-26)18-4-2-3-8-22-18/h2-6,8,14H,7,9-13H2,1H3,(H2,23,24,28). The van der Waals surface area contributed by atoms with Crippen molar-refractivity contribution in [2.75, 3.05) is 42.9 Å². The van der Waals surface area contributed by atoms with E-state index >= 15 is 0 Å². The number of pyridine rings is 1. The zero-order valence-electron chi connectivity index (χ0n) is 15.8. The third-order valence-corrected chi connectivity index (χ3v) is 5.26. The smallest absolute Gasteiger partial charge is 0.319 e. The Bertz CT molecular complexity index is 823. The number of amides is 3. The monoisotopic (exact) mass is 445 g/mol. The number of nitrogens with zero attached hydrogens (tertiary/aromatic N) is 3. The highest BCUT2D eigenvalue weighted by atomic mass is 79.9. The van der Waals surface area contributed by atoms with Crippen LogP contribution in [0.1, 0.15) is 12.0 Å². The van der Waals surface area contributed by atoms with E-state index in [9.17, 15) is 9.59 Å². The van der Waals surface area contributed by atoms with Crippen LogP contribution < -0.4 is 15.5 Å². The molecule has 2 heterocycles. The summed E-state index contributed by atoms with van der Waals surface area (Å²) >= 11 is 3.43. The van der Waals surface area contributed by atoms with Crippen LogP contribution in [0, 0.1) is 6.92 Å². The number of aryl methyl sites for hydroxylation is 1. The number of carbonyl (C=O) groups is 2. The first-order chi connectivity index (χ1) is 13.5. The molecule has 1 aliphatic rings. The predicted octanol–water partition coefficient (Wildman–Crippen LogP) is 3.01. The fourth-order valence-corrected chi connectivity index (χ4v) is 3.65. The minimum absolute atomic E-state index is 0.0532. The number of piperazine rings is 1. The minimum atomic E-state index is -0.322. The average molecular weight is 446 g/mol. The molecule has 2 aromatic rings. The summed E-state index contributed by atoms with van der Waals surface area (Å²) in [5, 5.41) is 5.52. The van der Waals surface area contributed by atoms with E-state index in [1.807, 2.05) is 48.2 Å². The highest BCUT2D eigenvalue weighted by molar-refractivity contribution is 9.10. The van der Waals surface area contributed by atoms with Crippen molar-refractivity contribution in [3.05, 3.63) is 52.6 Å². The Morgan fingerprint density at radius 2 is 1.93 bits per heavy atom. The van der Waals surface area contributed by atoms with Gasteiger partial charge in [0.25, 0.3) is 0 Å². The molecule has 0 saturated carbocycles. The number of nitrogens with one attached hydrogen (secondary N) is 2. The molecule has 1 fully saturated rings. The van der Waals surface area contributed by atoms with Crippen molar-refractivity contribution in [3.8, 4) is 0 Å². The minimum Gasteiger partial charge on any atom is -0.353 e. The quantitative estimate of drug-likeness (QED) is 0.741. The first-order valence-electron chi connectivity index (χ1n) is 9.27. The Labute approximate surface area is 173 Å². The van der Waals surface area contributed by atoms with Crippen LogP contribution in [0.25, 0.3) is 0 Å². The largest absolute Gasteiger partial charge is 0.353 e. The van der Waals surface area contributed by atoms with Crippen LogP contribution in [0.4, 0.5) is 16.3 Å². The molecule has 3 rings (SSSR count). The van der Waals surface area contributed by atoms with Crippen molar-refractivity contribution in [2.24, 2.45) is 0 Å². The third-order valence-electron chi connectivity index (χ3n) is 4.60. The van der Waals surface area contributed by atoms with Gasteiger partial charge in [0.05, 0.1) is 5.69 Å². The van der Waals surface area contributed by atoms with E-state index in [1.54, 1.807) is 6.20 Å². The van der Waals surface area contributed by atoms with E-state index in [0.717, 1.165) is 28.9 Å². The van der Waals surface area contributed by atoms with Gasteiger partial charge in [0.15, 0.2) is 0 Å². The number of halogens is 1. The molecule has 0 aliphatic carbocycles. The van der Waals surface area contributed by atoms with Crippen molar-refractivity contribution < 1.29 is 9.59 Å². The molecule has 0 spiro atoms. The maximum Gasteiger partial charge on any atom is 0.319 e. The molecule has 0 radical (unpaired) electrons. The molecule has 1 aliphatic heterocycles. The lowest BCUT2D eigenvalue weighted by Gasteiger charge is -2.35. The highest BCUT2D eigenvalue weighted by Crippen LogP contribution is 2.23. The van der Waals surface area contributed by atoms with Gasteiger partial charge in [-0.05, 0) is 52.7 Å². The van der Waals surface area contributed by atoms with Crippen molar-refractivity contribution in [2.45, 2.75) is 13.3 Å². The Morgan fingerprint density at radius 1 is 1.14 bits per heavy atom. The van der Waals surface area contributed by atoms with E-state index in [0.29, 0.717) is 25.3 Å². The second-order valence-corrected chi connectivity index (χ2v) is 7.52. The number of carbonyl (C=O) groups excluding carboxylic acids is 2. The zero-order chi connectivity index (χ0) is 19.9. The van der Waals surface area contributed by atoms with E-state index in [-0.39, 0.29) is 18.4 Å². The Hall–Kier alpha value is -2.61. The molecule has 1 saturated heterocycles. The van der Waals surface area contributed by atoms with Gasteiger partial charge in [-0.25, -0.2) is 9.78 Å². The first kappa shape index (κ1) is 20.1. The van der Waals surface area contributed by atoms with E-state index in [2.05, 4.69) is 36.4 Å². The lowest BCUT2D eigenvalue weighted by molar-refractivity contribution is -0.131. The summed E-state index contributed by atoms with van der Waals surface area (Å²) in [4.78, 5) is 32.8. The summed E-state index contributed by atoms with van der Waals surface area (Å²) in [6.07, 6.45) is 2.06. The number of benzene rings is 1. The highest BCUT2D eigenvalue weighted by Gasteiger charge is 2.21. The SMILES string of the molecule is Cc1ccc(NC(=O)NCCC(=O)N2CCN(c3ccccn3)CC2)c(Br)c1. The van der Waals surface area contributed by atoms with Gasteiger partial charge in [-0.2, -0.15) is 0 Å². The second kappa shape index (κ2) is 9.54. The van der Waals surface area contributed by atoms with Crippen LogP contribution in [-0.2, 0) is 4.79 Å². The molecule has 7 nitrogen and oxygen atoms in total. The van der Waals surface area contributed by atoms with Crippen molar-refractivity contribution >= 4 is 39.4 Å². The number of urea groups is 1. The summed E-state index contributed by atoms with van der Waals surface area (Å²) in [7, 11) is 0. The van der Waals surface area contributed by atoms with Gasteiger partial charge < -0.3 is 20.4 Å². The van der Waals surface area contributed by atoms with Crippen molar-refractivity contribution in [3.63, 3.8) is 0 Å². The van der Waals surface area contributed by atoms with Crippen LogP contribution in [0.3, 0.4) is 0 Å². The summed E-state index contributed by atoms with van der Waals surface area (Å²) < 4.78 is 0.824. The number of rotatable bonds is 5. The molecule has 1 aromatic heterocycles. The van der Waals surface area contributed by atoms with Crippen molar-refractivity contribution in [1.82, 2.24) is 15.2 Å². The predicted molar refractivity (Wildman–Crippen MR) is 114 cm³/mol. The number of hydrogen-bond acceptors (Lipinski definition) is 4. The average Bonchev–Trinajstić information content (AvgIpc) is 2.71. The lowest BCUT2D eigenvalue weighted by atomic mass is 10.2. The van der Waals surface area contributed by atoms with Crippen molar-refractivity contribution in [1.29, 1.82) is 0 Å². The third kappa shape index (κ3) is 5.45. The normalized spacial score (nSPS) is 13.9. The Morgan fingerprint density at radius 3 is 2.61 bits per heavy atom. The van der Waals surface area contributed by atoms with E-state index < -0.39 is 0 Å². The second-order valence-electron chi connectivity index (χ2n) is 6.67. The summed E-state index contributed by atoms with van der Waals surface area (Å²) in [5.41, 5.74) is 1.80. The molecule has 148 valence electrons. The van der Waals surface area contributed by atoms with Gasteiger partial charge >= 0.3 is 6.03 Å². The molecule has 0 atom stereocenters. The zero-order valence-corrected chi connectivity index (χ0v) is 17.4. The number of aromatic nitrogens is 1. The maximum absolute atomic E-state index is 12.4. The van der Waals surface area contributed by atoms with Gasteiger partial charge in [-0.15, -0.1) is 0 Å². The van der Waals surface area contributed by atoms with Crippen LogP contribution in [-0.4, -0.2) is 54.5 Å². The van der Waals surface area contributed by atoms with Gasteiger partial charge in [0.2, 0.25) is 5.91 Å². The van der Waals surface area contributed by atoms with Gasteiger partial charge in [0.1, 0.15) is 5.82 Å². The Balaban J connectivity index is 1.38. The number of anilines is 2.